The van der Waals surface area contributed by atoms with Crippen molar-refractivity contribution in [2.75, 3.05) is 0 Å². The number of nitrogens with zero attached hydrogens (tertiary/aromatic N) is 3. The molecule has 0 unspecified atom stereocenters. The predicted octanol–water partition coefficient (Wildman–Crippen LogP) is 0.534. The first kappa shape index (κ1) is 10.7. The fraction of sp³-hybridized carbons (Fsp3) is 0.222. The van der Waals surface area contributed by atoms with E-state index in [1.807, 2.05) is 0 Å². The van der Waals surface area contributed by atoms with Gasteiger partial charge < -0.3 is 0 Å². The number of isocyanates is 3. The highest BCUT2D eigenvalue weighted by atomic mass is 16.1. The molecule has 74 valence electrons. The Kier molecular flexibility index (Phi) is 3.38. The summed E-state index contributed by atoms with van der Waals surface area (Å²) >= 11 is 0. The Morgan fingerprint density at radius 1 is 1.13 bits per heavy atom. The Morgan fingerprint density at radius 3 is 2.33 bits per heavy atom. The molecule has 15 heavy (non-hydrogen) atoms. The minimum Gasteiger partial charge on any atom is -0.211 e. The van der Waals surface area contributed by atoms with E-state index in [0.717, 1.165) is 0 Å². The second kappa shape index (κ2) is 4.74. The molecule has 0 aromatic rings. The van der Waals surface area contributed by atoms with Crippen molar-refractivity contribution in [3.63, 3.8) is 0 Å². The van der Waals surface area contributed by atoms with Gasteiger partial charge in [0.05, 0.1) is 5.70 Å². The molecule has 6 heteroatoms. The molecule has 0 aromatic carbocycles. The molecular formula is C9H5N3O3. The Hall–Kier alpha value is -2.38. The predicted molar refractivity (Wildman–Crippen MR) is 48.9 cm³/mol. The highest BCUT2D eigenvalue weighted by Crippen LogP contribution is 2.26. The van der Waals surface area contributed by atoms with Crippen molar-refractivity contribution in [3.8, 4) is 0 Å². The van der Waals surface area contributed by atoms with Crippen LogP contribution in [0.15, 0.2) is 38.9 Å². The average Bonchev–Trinajstić information content (AvgIpc) is 2.19. The summed E-state index contributed by atoms with van der Waals surface area (Å²) in [6, 6.07) is 0. The lowest BCUT2D eigenvalue weighted by Crippen LogP contribution is -2.22. The van der Waals surface area contributed by atoms with Crippen LogP contribution in [0.3, 0.4) is 0 Å². The van der Waals surface area contributed by atoms with Crippen LogP contribution in [0, 0.1) is 0 Å². The molecule has 1 aliphatic rings. The van der Waals surface area contributed by atoms with Crippen molar-refractivity contribution < 1.29 is 14.4 Å². The zero-order chi connectivity index (χ0) is 11.1. The van der Waals surface area contributed by atoms with Gasteiger partial charge in [-0.3, -0.25) is 0 Å². The molecule has 0 aromatic heterocycles. The number of carbonyl (C=O) groups excluding carboxylic acids is 3. The maximum absolute atomic E-state index is 10.2. The first-order valence-corrected chi connectivity index (χ1v) is 3.92. The molecule has 0 heterocycles. The van der Waals surface area contributed by atoms with Crippen LogP contribution in [0.2, 0.25) is 0 Å². The summed E-state index contributed by atoms with van der Waals surface area (Å²) < 4.78 is 0. The molecule has 0 saturated heterocycles. The van der Waals surface area contributed by atoms with E-state index < -0.39 is 5.66 Å². The number of rotatable bonds is 3. The van der Waals surface area contributed by atoms with Crippen molar-refractivity contribution in [3.05, 3.63) is 23.9 Å². The lowest BCUT2D eigenvalue weighted by Gasteiger charge is -2.18. The highest BCUT2D eigenvalue weighted by Gasteiger charge is 2.28. The van der Waals surface area contributed by atoms with Crippen LogP contribution in [0.5, 0.6) is 0 Å². The van der Waals surface area contributed by atoms with Gasteiger partial charge in [0.25, 0.3) is 0 Å². The second-order valence-corrected chi connectivity index (χ2v) is 2.66. The summed E-state index contributed by atoms with van der Waals surface area (Å²) in [6.07, 6.45) is 8.58. The molecule has 0 radical (unpaired) electrons. The molecule has 0 saturated carbocycles. The Balaban J connectivity index is 3.22. The third-order valence-electron chi connectivity index (χ3n) is 1.74. The van der Waals surface area contributed by atoms with Gasteiger partial charge in [-0.15, -0.1) is 0 Å². The smallest absolute Gasteiger partial charge is 0.211 e. The van der Waals surface area contributed by atoms with Gasteiger partial charge in [-0.2, -0.15) is 15.0 Å². The van der Waals surface area contributed by atoms with Crippen molar-refractivity contribution in [2.24, 2.45) is 15.0 Å². The van der Waals surface area contributed by atoms with Crippen LogP contribution < -0.4 is 0 Å². The lowest BCUT2D eigenvalue weighted by atomic mass is 10.0. The standard InChI is InChI=1S/C9H5N3O3/c13-5-10-8-2-1-3-9(4-8,11-6-14)12-7-15/h1-2,4H,3H2. The maximum Gasteiger partial charge on any atom is 0.240 e. The third kappa shape index (κ3) is 2.53. The van der Waals surface area contributed by atoms with Crippen LogP contribution in [0.1, 0.15) is 6.42 Å². The van der Waals surface area contributed by atoms with Crippen LogP contribution in [0.25, 0.3) is 0 Å². The summed E-state index contributed by atoms with van der Waals surface area (Å²) in [7, 11) is 0. The average molecular weight is 203 g/mol. The van der Waals surface area contributed by atoms with E-state index in [1.165, 1.54) is 30.4 Å². The first-order valence-electron chi connectivity index (χ1n) is 3.92. The van der Waals surface area contributed by atoms with Gasteiger partial charge in [0.1, 0.15) is 0 Å². The monoisotopic (exact) mass is 203 g/mol. The summed E-state index contributed by atoms with van der Waals surface area (Å²) in [5.41, 5.74) is -1.14. The van der Waals surface area contributed by atoms with Crippen LogP contribution >= 0.6 is 0 Å². The third-order valence-corrected chi connectivity index (χ3v) is 1.74. The van der Waals surface area contributed by atoms with E-state index in [2.05, 4.69) is 15.0 Å². The molecule has 6 nitrogen and oxygen atoms in total. The zero-order valence-corrected chi connectivity index (χ0v) is 7.51. The Bertz CT molecular complexity index is 441. The van der Waals surface area contributed by atoms with Crippen molar-refractivity contribution in [2.45, 2.75) is 12.1 Å². The molecule has 0 atom stereocenters. The topological polar surface area (TPSA) is 88.3 Å². The van der Waals surface area contributed by atoms with Gasteiger partial charge in [0.15, 0.2) is 5.66 Å². The van der Waals surface area contributed by atoms with Crippen LogP contribution in [0.4, 0.5) is 0 Å². The van der Waals surface area contributed by atoms with Crippen molar-refractivity contribution in [1.82, 2.24) is 0 Å². The maximum atomic E-state index is 10.2. The summed E-state index contributed by atoms with van der Waals surface area (Å²) in [5.74, 6) is 0. The first-order chi connectivity index (χ1) is 7.26. The molecule has 0 aliphatic heterocycles. The van der Waals surface area contributed by atoms with Gasteiger partial charge in [0, 0.05) is 6.42 Å². The van der Waals surface area contributed by atoms with Crippen LogP contribution in [-0.4, -0.2) is 23.9 Å². The minimum absolute atomic E-state index is 0.218. The van der Waals surface area contributed by atoms with Gasteiger partial charge in [-0.1, -0.05) is 6.08 Å². The van der Waals surface area contributed by atoms with Crippen molar-refractivity contribution in [1.29, 1.82) is 0 Å². The van der Waals surface area contributed by atoms with E-state index in [0.29, 0.717) is 0 Å². The Labute approximate surface area is 84.4 Å². The van der Waals surface area contributed by atoms with Crippen molar-refractivity contribution >= 4 is 18.2 Å². The van der Waals surface area contributed by atoms with E-state index in [1.54, 1.807) is 6.08 Å². The molecule has 1 aliphatic carbocycles. The Morgan fingerprint density at radius 2 is 1.80 bits per heavy atom. The van der Waals surface area contributed by atoms with Gasteiger partial charge >= 0.3 is 0 Å². The highest BCUT2D eigenvalue weighted by molar-refractivity contribution is 5.46. The molecule has 0 bridgehead atoms. The lowest BCUT2D eigenvalue weighted by molar-refractivity contribution is 0.512. The summed E-state index contributed by atoms with van der Waals surface area (Å²) in [5, 5.41) is 0. The van der Waals surface area contributed by atoms with E-state index in [4.69, 9.17) is 0 Å². The summed E-state index contributed by atoms with van der Waals surface area (Å²) in [4.78, 5) is 40.5. The van der Waals surface area contributed by atoms with E-state index >= 15 is 0 Å². The normalized spacial score (nSPS) is 22.8. The molecule has 1 rings (SSSR count). The SMILES string of the molecule is O=C=NC1=CC(N=C=O)(N=C=O)CC=C1. The second-order valence-electron chi connectivity index (χ2n) is 2.66. The van der Waals surface area contributed by atoms with Gasteiger partial charge in [0.2, 0.25) is 18.2 Å². The fourth-order valence-electron chi connectivity index (χ4n) is 1.16. The number of hydrogen-bond donors (Lipinski definition) is 0. The molecule has 0 N–H and O–H groups in total. The number of allylic oxidation sites excluding steroid dienone is 1. The minimum atomic E-state index is -1.37. The largest absolute Gasteiger partial charge is 0.240 e. The van der Waals surface area contributed by atoms with Crippen LogP contribution in [-0.2, 0) is 14.4 Å². The molecular weight excluding hydrogens is 198 g/mol. The number of aliphatic imine (C=N–C) groups is 3. The summed E-state index contributed by atoms with van der Waals surface area (Å²) in [6.45, 7) is 0. The van der Waals surface area contributed by atoms with Gasteiger partial charge in [-0.25, -0.2) is 14.4 Å². The zero-order valence-electron chi connectivity index (χ0n) is 7.51. The van der Waals surface area contributed by atoms with E-state index in [-0.39, 0.29) is 12.1 Å². The quantitative estimate of drug-likeness (QED) is 0.495. The molecule has 0 fully saturated rings. The fourth-order valence-corrected chi connectivity index (χ4v) is 1.16. The number of hydrogen-bond acceptors (Lipinski definition) is 6. The molecule has 0 spiro atoms. The molecule has 0 amide bonds. The van der Waals surface area contributed by atoms with Gasteiger partial charge in [-0.05, 0) is 12.2 Å². The van der Waals surface area contributed by atoms with E-state index in [9.17, 15) is 14.4 Å².